The van der Waals surface area contributed by atoms with Gasteiger partial charge in [0.25, 0.3) is 0 Å². The highest BCUT2D eigenvalue weighted by Crippen LogP contribution is 2.30. The molecule has 0 fully saturated rings. The van der Waals surface area contributed by atoms with E-state index in [0.29, 0.717) is 34.6 Å². The van der Waals surface area contributed by atoms with Crippen molar-refractivity contribution in [1.29, 1.82) is 0 Å². The van der Waals surface area contributed by atoms with E-state index < -0.39 is 41.9 Å². The molecule has 35 heavy (non-hydrogen) atoms. The van der Waals surface area contributed by atoms with Gasteiger partial charge in [-0.05, 0) is 72.9 Å². The van der Waals surface area contributed by atoms with Crippen molar-refractivity contribution in [3.05, 3.63) is 57.8 Å². The quantitative estimate of drug-likeness (QED) is 0.176. The van der Waals surface area contributed by atoms with Gasteiger partial charge >= 0.3 is 0 Å². The Balaban J connectivity index is 1.90. The molecule has 0 bridgehead atoms. The van der Waals surface area contributed by atoms with Gasteiger partial charge in [-0.3, -0.25) is 0 Å². The van der Waals surface area contributed by atoms with E-state index in [1.165, 1.54) is 12.1 Å². The van der Waals surface area contributed by atoms with Crippen LogP contribution in [0.25, 0.3) is 11.0 Å². The lowest BCUT2D eigenvalue weighted by Crippen LogP contribution is -2.42. The maximum Gasteiger partial charge on any atom is 0.140 e. The molecule has 1 aromatic carbocycles. The Labute approximate surface area is 218 Å². The molecule has 2 heterocycles. The standard InChI is InChI=1S/C24H33BrF2N4O2SSi/c1-24(2,3)34(32)30-20(11-16-9-17(26)12-18(27)10-16)23-19(25)13-22-21(29-23)14-28-31(22)15-33-7-8-35(4,5)6/h9-10,12-14,20,30H,7-8,11,15H2,1-6H3. The van der Waals surface area contributed by atoms with Crippen molar-refractivity contribution < 1.29 is 18.1 Å². The number of hydrogen-bond acceptors (Lipinski definition) is 5. The first-order valence-electron chi connectivity index (χ1n) is 11.5. The lowest BCUT2D eigenvalue weighted by atomic mass is 10.0. The van der Waals surface area contributed by atoms with E-state index in [0.717, 1.165) is 17.6 Å². The first kappa shape index (κ1) is 28.2. The molecule has 192 valence electrons. The number of nitrogens with one attached hydrogen (secondary N) is 1. The molecule has 0 radical (unpaired) electrons. The summed E-state index contributed by atoms with van der Waals surface area (Å²) in [5, 5.41) is 4.42. The molecule has 1 N–H and O–H groups in total. The van der Waals surface area contributed by atoms with Crippen LogP contribution in [0, 0.1) is 11.6 Å². The first-order chi connectivity index (χ1) is 16.2. The summed E-state index contributed by atoms with van der Waals surface area (Å²) in [6.07, 6.45) is 1.86. The van der Waals surface area contributed by atoms with E-state index in [-0.39, 0.29) is 6.42 Å². The van der Waals surface area contributed by atoms with Crippen LogP contribution in [-0.2, 0) is 29.3 Å². The molecular formula is C24H33BrF2N4O2SSi. The fourth-order valence-electron chi connectivity index (χ4n) is 3.34. The first-order valence-corrected chi connectivity index (χ1v) is 17.1. The molecule has 0 aliphatic heterocycles. The van der Waals surface area contributed by atoms with Gasteiger partial charge < -0.3 is 9.29 Å². The van der Waals surface area contributed by atoms with Crippen LogP contribution in [0.5, 0.6) is 0 Å². The van der Waals surface area contributed by atoms with Gasteiger partial charge in [-0.15, -0.1) is 4.72 Å². The summed E-state index contributed by atoms with van der Waals surface area (Å²) in [5.41, 5.74) is 2.46. The SMILES string of the molecule is CC(C)(C)[S+]([O-])NC(Cc1cc(F)cc(F)c1)c1nc2cnn(COCC[Si](C)(C)C)c2cc1Br. The van der Waals surface area contributed by atoms with E-state index in [4.69, 9.17) is 9.72 Å². The molecule has 2 atom stereocenters. The summed E-state index contributed by atoms with van der Waals surface area (Å²) in [6, 6.07) is 5.79. The van der Waals surface area contributed by atoms with Crippen LogP contribution in [0.2, 0.25) is 25.7 Å². The fourth-order valence-corrected chi connectivity index (χ4v) is 5.48. The average molecular weight is 588 g/mol. The number of pyridine rings is 1. The van der Waals surface area contributed by atoms with Crippen LogP contribution >= 0.6 is 15.9 Å². The Bertz CT molecular complexity index is 1150. The minimum Gasteiger partial charge on any atom is -0.598 e. The van der Waals surface area contributed by atoms with Crippen molar-refractivity contribution in [2.75, 3.05) is 6.61 Å². The van der Waals surface area contributed by atoms with Gasteiger partial charge in [0.2, 0.25) is 0 Å². The third-order valence-corrected chi connectivity index (χ3v) is 9.27. The van der Waals surface area contributed by atoms with Gasteiger partial charge in [0.1, 0.15) is 28.6 Å². The van der Waals surface area contributed by atoms with Gasteiger partial charge in [0, 0.05) is 36.6 Å². The highest BCUT2D eigenvalue weighted by atomic mass is 79.9. The van der Waals surface area contributed by atoms with Crippen LogP contribution in [0.4, 0.5) is 8.78 Å². The normalized spacial score (nSPS) is 14.5. The van der Waals surface area contributed by atoms with E-state index in [1.807, 2.05) is 26.8 Å². The Morgan fingerprint density at radius 1 is 1.17 bits per heavy atom. The highest BCUT2D eigenvalue weighted by molar-refractivity contribution is 9.10. The third-order valence-electron chi connectivity index (χ3n) is 5.32. The minimum absolute atomic E-state index is 0.196. The number of hydrogen-bond donors (Lipinski definition) is 1. The number of aromatic nitrogens is 3. The fraction of sp³-hybridized carbons (Fsp3) is 0.500. The zero-order valence-electron chi connectivity index (χ0n) is 21.0. The maximum absolute atomic E-state index is 13.8. The lowest BCUT2D eigenvalue weighted by molar-refractivity contribution is 0.0817. The molecule has 0 saturated heterocycles. The second-order valence-electron chi connectivity index (χ2n) is 10.8. The number of rotatable bonds is 10. The molecule has 3 aromatic rings. The van der Waals surface area contributed by atoms with Crippen LogP contribution in [-0.4, -0.2) is 38.7 Å². The zero-order valence-corrected chi connectivity index (χ0v) is 24.4. The molecule has 2 unspecified atom stereocenters. The van der Waals surface area contributed by atoms with Crippen LogP contribution in [0.3, 0.4) is 0 Å². The molecule has 3 rings (SSSR count). The molecule has 2 aromatic heterocycles. The summed E-state index contributed by atoms with van der Waals surface area (Å²) in [5.74, 6) is -1.32. The van der Waals surface area contributed by atoms with Crippen molar-refractivity contribution >= 4 is 46.4 Å². The largest absolute Gasteiger partial charge is 0.598 e. The van der Waals surface area contributed by atoms with Crippen molar-refractivity contribution in [1.82, 2.24) is 19.5 Å². The lowest BCUT2D eigenvalue weighted by Gasteiger charge is -2.28. The number of halogens is 3. The van der Waals surface area contributed by atoms with Crippen LogP contribution < -0.4 is 4.72 Å². The molecule has 0 amide bonds. The van der Waals surface area contributed by atoms with Gasteiger partial charge in [-0.1, -0.05) is 19.6 Å². The predicted octanol–water partition coefficient (Wildman–Crippen LogP) is 6.12. The summed E-state index contributed by atoms with van der Waals surface area (Å²) in [6.45, 7) is 13.5. The van der Waals surface area contributed by atoms with Gasteiger partial charge in [0.15, 0.2) is 0 Å². The van der Waals surface area contributed by atoms with Crippen LogP contribution in [0.15, 0.2) is 34.9 Å². The minimum atomic E-state index is -1.44. The highest BCUT2D eigenvalue weighted by Gasteiger charge is 2.32. The van der Waals surface area contributed by atoms with E-state index in [9.17, 15) is 13.3 Å². The van der Waals surface area contributed by atoms with Gasteiger partial charge in [0.05, 0.1) is 23.4 Å². The summed E-state index contributed by atoms with van der Waals surface area (Å²) in [4.78, 5) is 4.78. The number of benzene rings is 1. The Hall–Kier alpha value is -1.37. The Kier molecular flexibility index (Phi) is 9.14. The smallest absolute Gasteiger partial charge is 0.140 e. The topological polar surface area (TPSA) is 75.0 Å². The van der Waals surface area contributed by atoms with Crippen molar-refractivity contribution in [2.45, 2.75) is 70.4 Å². The van der Waals surface area contributed by atoms with Crippen LogP contribution in [0.1, 0.15) is 38.1 Å². The molecule has 0 aliphatic rings. The monoisotopic (exact) mass is 586 g/mol. The maximum atomic E-state index is 13.8. The van der Waals surface area contributed by atoms with Crippen molar-refractivity contribution in [2.24, 2.45) is 0 Å². The molecule has 6 nitrogen and oxygen atoms in total. The molecular weight excluding hydrogens is 554 g/mol. The second-order valence-corrected chi connectivity index (χ2v) is 19.3. The molecule has 0 saturated carbocycles. The second kappa shape index (κ2) is 11.3. The summed E-state index contributed by atoms with van der Waals surface area (Å²) >= 11 is 2.16. The van der Waals surface area contributed by atoms with Gasteiger partial charge in [-0.25, -0.2) is 18.4 Å². The summed E-state index contributed by atoms with van der Waals surface area (Å²) < 4.78 is 51.5. The Morgan fingerprint density at radius 3 is 2.43 bits per heavy atom. The zero-order chi connectivity index (χ0) is 26.0. The molecule has 0 aliphatic carbocycles. The molecule has 0 spiro atoms. The van der Waals surface area contributed by atoms with Crippen molar-refractivity contribution in [3.8, 4) is 0 Å². The third kappa shape index (κ3) is 8.06. The van der Waals surface area contributed by atoms with Gasteiger partial charge in [-0.2, -0.15) is 5.10 Å². The van der Waals surface area contributed by atoms with Crippen molar-refractivity contribution in [3.63, 3.8) is 0 Å². The molecule has 11 heteroatoms. The number of nitrogens with zero attached hydrogens (tertiary/aromatic N) is 3. The number of fused-ring (bicyclic) bond motifs is 1. The van der Waals surface area contributed by atoms with E-state index >= 15 is 0 Å². The van der Waals surface area contributed by atoms with E-state index in [2.05, 4.69) is 45.4 Å². The van der Waals surface area contributed by atoms with E-state index in [1.54, 1.807) is 10.9 Å². The Morgan fingerprint density at radius 2 is 1.83 bits per heavy atom. The average Bonchev–Trinajstić information content (AvgIpc) is 3.09. The summed E-state index contributed by atoms with van der Waals surface area (Å²) in [7, 11) is -1.18. The predicted molar refractivity (Wildman–Crippen MR) is 143 cm³/mol. The number of ether oxygens (including phenoxy) is 1.